The molecule has 1 nitrogen and oxygen atoms in total. The van der Waals surface area contributed by atoms with Crippen LogP contribution in [0, 0.1) is 5.92 Å². The van der Waals surface area contributed by atoms with E-state index in [1.807, 2.05) is 12.3 Å². The zero-order valence-corrected chi connectivity index (χ0v) is 8.93. The quantitative estimate of drug-likeness (QED) is 0.642. The molecule has 0 atom stereocenters. The van der Waals surface area contributed by atoms with Crippen molar-refractivity contribution in [1.82, 2.24) is 4.98 Å². The fraction of sp³-hybridized carbons (Fsp3) is 0.583. The number of pyridine rings is 1. The Morgan fingerprint density at radius 1 is 1.29 bits per heavy atom. The molecule has 0 spiro atoms. The monoisotopic (exact) mass is 207 g/mol. The molecule has 0 saturated heterocycles. The Bertz CT molecular complexity index is 336. The number of hydrogen-bond donors (Lipinski definition) is 0. The number of halogens is 1. The van der Waals surface area contributed by atoms with Crippen molar-refractivity contribution >= 4 is 11.6 Å². The molecule has 0 amide bonds. The molecule has 14 heavy (non-hydrogen) atoms. The second-order valence-electron chi connectivity index (χ2n) is 4.80. The van der Waals surface area contributed by atoms with Gasteiger partial charge >= 0.3 is 0 Å². The summed E-state index contributed by atoms with van der Waals surface area (Å²) in [6.45, 7) is 0. The molecule has 1 heterocycles. The topological polar surface area (TPSA) is 12.9 Å². The number of nitrogens with zero attached hydrogens (tertiary/aromatic N) is 1. The van der Waals surface area contributed by atoms with Crippen molar-refractivity contribution in [2.24, 2.45) is 5.92 Å². The molecule has 3 rings (SSSR count). The maximum absolute atomic E-state index is 5.81. The second kappa shape index (κ2) is 2.96. The Morgan fingerprint density at radius 3 is 2.57 bits per heavy atom. The van der Waals surface area contributed by atoms with Gasteiger partial charge in [0.15, 0.2) is 0 Å². The molecule has 2 bridgehead atoms. The summed E-state index contributed by atoms with van der Waals surface area (Å²) >= 11 is 5.81. The maximum Gasteiger partial charge on any atom is 0.129 e. The molecule has 1 aromatic heterocycles. The lowest BCUT2D eigenvalue weighted by atomic mass is 9.78. The van der Waals surface area contributed by atoms with E-state index in [4.69, 9.17) is 11.6 Å². The lowest BCUT2D eigenvalue weighted by Crippen LogP contribution is -2.19. The van der Waals surface area contributed by atoms with Crippen LogP contribution < -0.4 is 0 Å². The van der Waals surface area contributed by atoms with Crippen LogP contribution in [0.5, 0.6) is 0 Å². The zero-order valence-electron chi connectivity index (χ0n) is 8.17. The first-order valence-corrected chi connectivity index (χ1v) is 5.78. The fourth-order valence-electron chi connectivity index (χ4n) is 3.29. The Balaban J connectivity index is 1.98. The molecule has 2 aliphatic rings. The Labute approximate surface area is 89.5 Å². The predicted octanol–water partition coefficient (Wildman–Crippen LogP) is 3.57. The zero-order chi connectivity index (χ0) is 9.60. The average molecular weight is 208 g/mol. The van der Waals surface area contributed by atoms with E-state index in [-0.39, 0.29) is 0 Å². The number of rotatable bonds is 1. The number of fused-ring (bicyclic) bond motifs is 2. The van der Waals surface area contributed by atoms with Gasteiger partial charge in [-0.1, -0.05) is 17.7 Å². The third-order valence-electron chi connectivity index (χ3n) is 4.08. The predicted molar refractivity (Wildman–Crippen MR) is 57.5 cm³/mol. The van der Waals surface area contributed by atoms with E-state index in [2.05, 4.69) is 11.1 Å². The molecule has 2 saturated carbocycles. The normalized spacial score (nSPS) is 35.1. The van der Waals surface area contributed by atoms with E-state index in [0.717, 1.165) is 5.92 Å². The van der Waals surface area contributed by atoms with Crippen molar-refractivity contribution in [2.45, 2.75) is 37.5 Å². The van der Waals surface area contributed by atoms with E-state index in [9.17, 15) is 0 Å². The van der Waals surface area contributed by atoms with Crippen molar-refractivity contribution in [3.63, 3.8) is 0 Å². The van der Waals surface area contributed by atoms with E-state index < -0.39 is 0 Å². The van der Waals surface area contributed by atoms with Crippen molar-refractivity contribution in [1.29, 1.82) is 0 Å². The first-order chi connectivity index (χ1) is 6.78. The van der Waals surface area contributed by atoms with Gasteiger partial charge < -0.3 is 0 Å². The van der Waals surface area contributed by atoms with Crippen molar-refractivity contribution in [3.8, 4) is 0 Å². The van der Waals surface area contributed by atoms with Crippen molar-refractivity contribution < 1.29 is 0 Å². The summed E-state index contributed by atoms with van der Waals surface area (Å²) in [5.41, 5.74) is 1.89. The van der Waals surface area contributed by atoms with E-state index >= 15 is 0 Å². The van der Waals surface area contributed by atoms with Gasteiger partial charge in [-0.15, -0.1) is 0 Å². The van der Waals surface area contributed by atoms with Crippen LogP contribution in [0.25, 0.3) is 0 Å². The summed E-state index contributed by atoms with van der Waals surface area (Å²) in [5.74, 6) is 0.991. The van der Waals surface area contributed by atoms with Gasteiger partial charge in [0.2, 0.25) is 0 Å². The lowest BCUT2D eigenvalue weighted by Gasteiger charge is -2.26. The molecule has 1 aromatic rings. The molecular weight excluding hydrogens is 194 g/mol. The molecule has 2 aliphatic carbocycles. The SMILES string of the molecule is Clc1ccc(C23CCC(CC2)C3)cn1. The van der Waals surface area contributed by atoms with Crippen molar-refractivity contribution in [2.75, 3.05) is 0 Å². The number of aromatic nitrogens is 1. The second-order valence-corrected chi connectivity index (χ2v) is 5.18. The largest absolute Gasteiger partial charge is 0.244 e. The van der Waals surface area contributed by atoms with Gasteiger partial charge in [-0.2, -0.15) is 0 Å². The molecule has 0 N–H and O–H groups in total. The Kier molecular flexibility index (Phi) is 1.85. The molecule has 2 heteroatoms. The van der Waals surface area contributed by atoms with Crippen LogP contribution in [0.1, 0.15) is 37.7 Å². The third kappa shape index (κ3) is 1.18. The van der Waals surface area contributed by atoms with Crippen LogP contribution in [-0.2, 0) is 5.41 Å². The Hall–Kier alpha value is -0.560. The highest BCUT2D eigenvalue weighted by Gasteiger charge is 2.45. The third-order valence-corrected chi connectivity index (χ3v) is 4.31. The molecule has 0 aliphatic heterocycles. The van der Waals surface area contributed by atoms with Gasteiger partial charge in [-0.3, -0.25) is 0 Å². The van der Waals surface area contributed by atoms with Crippen LogP contribution in [0.3, 0.4) is 0 Å². The standard InChI is InChI=1S/C12H14ClN/c13-11-2-1-10(8-14-11)12-5-3-9(7-12)4-6-12/h1-2,8-9H,3-7H2. The van der Waals surface area contributed by atoms with Gasteiger partial charge in [0.25, 0.3) is 0 Å². The molecule has 2 fully saturated rings. The summed E-state index contributed by atoms with van der Waals surface area (Å²) in [4.78, 5) is 4.20. The summed E-state index contributed by atoms with van der Waals surface area (Å²) in [6.07, 6.45) is 8.93. The average Bonchev–Trinajstić information content (AvgIpc) is 2.79. The molecule has 0 aromatic carbocycles. The molecular formula is C12H14ClN. The minimum absolute atomic E-state index is 0.474. The molecule has 74 valence electrons. The van der Waals surface area contributed by atoms with Gasteiger partial charge in [0.1, 0.15) is 5.15 Å². The summed E-state index contributed by atoms with van der Waals surface area (Å²) in [6, 6.07) is 4.10. The van der Waals surface area contributed by atoms with Crippen LogP contribution in [0.2, 0.25) is 5.15 Å². The van der Waals surface area contributed by atoms with Gasteiger partial charge in [0, 0.05) is 6.20 Å². The number of hydrogen-bond acceptors (Lipinski definition) is 1. The Morgan fingerprint density at radius 2 is 2.07 bits per heavy atom. The maximum atomic E-state index is 5.81. The fourth-order valence-corrected chi connectivity index (χ4v) is 3.40. The lowest BCUT2D eigenvalue weighted by molar-refractivity contribution is 0.418. The summed E-state index contributed by atoms with van der Waals surface area (Å²) in [7, 11) is 0. The summed E-state index contributed by atoms with van der Waals surface area (Å²) in [5, 5.41) is 0.609. The highest BCUT2D eigenvalue weighted by molar-refractivity contribution is 6.29. The van der Waals surface area contributed by atoms with E-state index in [1.165, 1.54) is 37.7 Å². The van der Waals surface area contributed by atoms with Gasteiger partial charge in [-0.25, -0.2) is 4.98 Å². The van der Waals surface area contributed by atoms with E-state index in [0.29, 0.717) is 10.6 Å². The molecule has 0 radical (unpaired) electrons. The minimum Gasteiger partial charge on any atom is -0.244 e. The minimum atomic E-state index is 0.474. The first-order valence-electron chi connectivity index (χ1n) is 5.41. The van der Waals surface area contributed by atoms with Gasteiger partial charge in [0.05, 0.1) is 0 Å². The van der Waals surface area contributed by atoms with Crippen molar-refractivity contribution in [3.05, 3.63) is 29.0 Å². The van der Waals surface area contributed by atoms with Crippen LogP contribution in [0.4, 0.5) is 0 Å². The first kappa shape index (κ1) is 8.72. The summed E-state index contributed by atoms with van der Waals surface area (Å²) < 4.78 is 0. The van der Waals surface area contributed by atoms with Crippen LogP contribution in [-0.4, -0.2) is 4.98 Å². The van der Waals surface area contributed by atoms with Crippen LogP contribution >= 0.6 is 11.6 Å². The highest BCUT2D eigenvalue weighted by atomic mass is 35.5. The highest BCUT2D eigenvalue weighted by Crippen LogP contribution is 2.55. The molecule has 0 unspecified atom stereocenters. The smallest absolute Gasteiger partial charge is 0.129 e. The van der Waals surface area contributed by atoms with Gasteiger partial charge in [-0.05, 0) is 55.1 Å². The van der Waals surface area contributed by atoms with Crippen LogP contribution in [0.15, 0.2) is 18.3 Å². The van der Waals surface area contributed by atoms with E-state index in [1.54, 1.807) is 0 Å².